The SMILES string of the molecule is CCC(Cl)C1=NCCN1. The van der Waals surface area contributed by atoms with Gasteiger partial charge < -0.3 is 5.32 Å². The Balaban J connectivity index is 2.40. The molecule has 0 fully saturated rings. The minimum Gasteiger partial charge on any atom is -0.371 e. The van der Waals surface area contributed by atoms with Gasteiger partial charge in [-0.25, -0.2) is 0 Å². The van der Waals surface area contributed by atoms with Crippen LogP contribution in [-0.2, 0) is 0 Å². The standard InChI is InChI=1S/C6H11ClN2/c1-2-5(7)6-8-3-4-9-6/h5H,2-4H2,1H3,(H,8,9). The van der Waals surface area contributed by atoms with Crippen LogP contribution in [0.15, 0.2) is 4.99 Å². The van der Waals surface area contributed by atoms with Gasteiger partial charge in [0.2, 0.25) is 0 Å². The molecule has 2 nitrogen and oxygen atoms in total. The molecule has 0 saturated carbocycles. The van der Waals surface area contributed by atoms with Crippen molar-refractivity contribution in [1.82, 2.24) is 5.32 Å². The van der Waals surface area contributed by atoms with Crippen LogP contribution < -0.4 is 5.32 Å². The highest BCUT2D eigenvalue weighted by Crippen LogP contribution is 2.04. The van der Waals surface area contributed by atoms with E-state index in [0.29, 0.717) is 0 Å². The predicted octanol–water partition coefficient (Wildman–Crippen LogP) is 1.01. The summed E-state index contributed by atoms with van der Waals surface area (Å²) in [6, 6.07) is 0. The first-order valence-electron chi connectivity index (χ1n) is 3.27. The number of nitrogens with zero attached hydrogens (tertiary/aromatic N) is 1. The second kappa shape index (κ2) is 3.06. The molecule has 1 unspecified atom stereocenters. The van der Waals surface area contributed by atoms with Gasteiger partial charge in [0.05, 0.1) is 11.9 Å². The summed E-state index contributed by atoms with van der Waals surface area (Å²) in [6.07, 6.45) is 0.952. The zero-order valence-corrected chi connectivity index (χ0v) is 6.28. The van der Waals surface area contributed by atoms with Crippen molar-refractivity contribution in [3.63, 3.8) is 0 Å². The molecular formula is C6H11ClN2. The average molecular weight is 147 g/mol. The number of halogens is 1. The van der Waals surface area contributed by atoms with Gasteiger partial charge in [-0.05, 0) is 6.42 Å². The fourth-order valence-electron chi connectivity index (χ4n) is 0.819. The highest BCUT2D eigenvalue weighted by Gasteiger charge is 2.12. The average Bonchev–Trinajstić information content (AvgIpc) is 2.37. The highest BCUT2D eigenvalue weighted by molar-refractivity contribution is 6.31. The van der Waals surface area contributed by atoms with Crippen molar-refractivity contribution < 1.29 is 0 Å². The Morgan fingerprint density at radius 3 is 3.11 bits per heavy atom. The van der Waals surface area contributed by atoms with Crippen LogP contribution in [0.2, 0.25) is 0 Å². The largest absolute Gasteiger partial charge is 0.371 e. The first-order chi connectivity index (χ1) is 4.34. The van der Waals surface area contributed by atoms with Crippen molar-refractivity contribution in [2.75, 3.05) is 13.1 Å². The maximum absolute atomic E-state index is 5.88. The van der Waals surface area contributed by atoms with E-state index in [9.17, 15) is 0 Å². The van der Waals surface area contributed by atoms with Gasteiger partial charge in [-0.3, -0.25) is 4.99 Å². The van der Waals surface area contributed by atoms with Crippen molar-refractivity contribution in [2.45, 2.75) is 18.7 Å². The molecule has 1 aliphatic rings. The number of amidine groups is 1. The minimum atomic E-state index is 0.104. The molecule has 0 aromatic heterocycles. The number of nitrogens with one attached hydrogen (secondary N) is 1. The van der Waals surface area contributed by atoms with E-state index in [4.69, 9.17) is 11.6 Å². The van der Waals surface area contributed by atoms with E-state index in [-0.39, 0.29) is 5.38 Å². The first kappa shape index (κ1) is 6.87. The van der Waals surface area contributed by atoms with Crippen LogP contribution >= 0.6 is 11.6 Å². The maximum Gasteiger partial charge on any atom is 0.115 e. The Morgan fingerprint density at radius 1 is 1.89 bits per heavy atom. The summed E-state index contributed by atoms with van der Waals surface area (Å²) in [6.45, 7) is 3.90. The summed E-state index contributed by atoms with van der Waals surface area (Å²) in [7, 11) is 0. The monoisotopic (exact) mass is 146 g/mol. The normalized spacial score (nSPS) is 20.9. The molecule has 0 spiro atoms. The van der Waals surface area contributed by atoms with E-state index in [0.717, 1.165) is 25.3 Å². The van der Waals surface area contributed by atoms with Crippen LogP contribution in [0.1, 0.15) is 13.3 Å². The Bertz CT molecular complexity index is 122. The van der Waals surface area contributed by atoms with Gasteiger partial charge in [-0.1, -0.05) is 6.92 Å². The third-order valence-electron chi connectivity index (χ3n) is 1.36. The lowest BCUT2D eigenvalue weighted by Gasteiger charge is -2.05. The number of aliphatic imine (C=N–C) groups is 1. The van der Waals surface area contributed by atoms with Crippen LogP contribution in [0, 0.1) is 0 Å². The molecule has 0 radical (unpaired) electrons. The number of rotatable bonds is 2. The fraction of sp³-hybridized carbons (Fsp3) is 0.833. The summed E-state index contributed by atoms with van der Waals surface area (Å²) < 4.78 is 0. The van der Waals surface area contributed by atoms with Crippen molar-refractivity contribution >= 4 is 17.4 Å². The molecule has 0 aromatic rings. The highest BCUT2D eigenvalue weighted by atomic mass is 35.5. The first-order valence-corrected chi connectivity index (χ1v) is 3.70. The Hall–Kier alpha value is -0.240. The Morgan fingerprint density at radius 2 is 2.67 bits per heavy atom. The molecule has 52 valence electrons. The fourth-order valence-corrected chi connectivity index (χ4v) is 0.966. The predicted molar refractivity (Wildman–Crippen MR) is 40.2 cm³/mol. The zero-order chi connectivity index (χ0) is 6.69. The molecule has 3 heteroatoms. The molecule has 0 saturated heterocycles. The summed E-state index contributed by atoms with van der Waals surface area (Å²) in [5.41, 5.74) is 0. The molecule has 9 heavy (non-hydrogen) atoms. The van der Waals surface area contributed by atoms with Crippen LogP contribution in [0.5, 0.6) is 0 Å². The van der Waals surface area contributed by atoms with E-state index < -0.39 is 0 Å². The van der Waals surface area contributed by atoms with Gasteiger partial charge in [-0.2, -0.15) is 0 Å². The minimum absolute atomic E-state index is 0.104. The molecular weight excluding hydrogens is 136 g/mol. The lowest BCUT2D eigenvalue weighted by molar-refractivity contribution is 0.925. The van der Waals surface area contributed by atoms with Crippen molar-refractivity contribution in [3.05, 3.63) is 0 Å². The van der Waals surface area contributed by atoms with E-state index in [1.54, 1.807) is 0 Å². The second-order valence-electron chi connectivity index (χ2n) is 2.07. The zero-order valence-electron chi connectivity index (χ0n) is 5.52. The third-order valence-corrected chi connectivity index (χ3v) is 1.87. The van der Waals surface area contributed by atoms with Crippen molar-refractivity contribution in [2.24, 2.45) is 4.99 Å². The van der Waals surface area contributed by atoms with Crippen LogP contribution in [0.3, 0.4) is 0 Å². The van der Waals surface area contributed by atoms with E-state index in [1.165, 1.54) is 0 Å². The number of alkyl halides is 1. The molecule has 1 aliphatic heterocycles. The van der Waals surface area contributed by atoms with Crippen LogP contribution in [0.25, 0.3) is 0 Å². The van der Waals surface area contributed by atoms with E-state index in [1.807, 2.05) is 0 Å². The van der Waals surface area contributed by atoms with Crippen molar-refractivity contribution in [1.29, 1.82) is 0 Å². The van der Waals surface area contributed by atoms with Gasteiger partial charge in [0.15, 0.2) is 0 Å². The molecule has 0 bridgehead atoms. The number of hydrogen-bond acceptors (Lipinski definition) is 2. The lowest BCUT2D eigenvalue weighted by atomic mass is 10.3. The summed E-state index contributed by atoms with van der Waals surface area (Å²) in [5.74, 6) is 0.971. The maximum atomic E-state index is 5.88. The topological polar surface area (TPSA) is 24.4 Å². The van der Waals surface area contributed by atoms with Crippen LogP contribution in [0.4, 0.5) is 0 Å². The molecule has 0 aliphatic carbocycles. The Kier molecular flexibility index (Phi) is 2.34. The van der Waals surface area contributed by atoms with Gasteiger partial charge in [0, 0.05) is 6.54 Å². The number of hydrogen-bond donors (Lipinski definition) is 1. The summed E-state index contributed by atoms with van der Waals surface area (Å²) in [5, 5.41) is 3.23. The van der Waals surface area contributed by atoms with Gasteiger partial charge >= 0.3 is 0 Å². The molecule has 0 aromatic carbocycles. The molecule has 1 atom stereocenters. The van der Waals surface area contributed by atoms with Gasteiger partial charge in [-0.15, -0.1) is 11.6 Å². The lowest BCUT2D eigenvalue weighted by Crippen LogP contribution is -2.26. The summed E-state index contributed by atoms with van der Waals surface area (Å²) in [4.78, 5) is 4.18. The summed E-state index contributed by atoms with van der Waals surface area (Å²) >= 11 is 5.88. The van der Waals surface area contributed by atoms with Gasteiger partial charge in [0.25, 0.3) is 0 Å². The van der Waals surface area contributed by atoms with Crippen molar-refractivity contribution in [3.8, 4) is 0 Å². The van der Waals surface area contributed by atoms with E-state index >= 15 is 0 Å². The quantitative estimate of drug-likeness (QED) is 0.578. The third kappa shape index (κ3) is 1.58. The van der Waals surface area contributed by atoms with Gasteiger partial charge in [0.1, 0.15) is 5.84 Å². The molecule has 1 heterocycles. The molecule has 1 rings (SSSR count). The Labute approximate surface area is 60.3 Å². The molecule has 0 amide bonds. The smallest absolute Gasteiger partial charge is 0.115 e. The second-order valence-corrected chi connectivity index (χ2v) is 2.60. The molecule has 1 N–H and O–H groups in total. The van der Waals surface area contributed by atoms with E-state index in [2.05, 4.69) is 17.2 Å². The van der Waals surface area contributed by atoms with Crippen LogP contribution in [-0.4, -0.2) is 24.3 Å².